The number of benzene rings is 1. The Morgan fingerprint density at radius 1 is 1.32 bits per heavy atom. The number of aliphatic carboxylic acids is 1. The van der Waals surface area contributed by atoms with Crippen LogP contribution in [0.25, 0.3) is 0 Å². The second-order valence-corrected chi connectivity index (χ2v) is 5.99. The maximum Gasteiger partial charge on any atom is 0.307 e. The summed E-state index contributed by atoms with van der Waals surface area (Å²) in [6.07, 6.45) is 0.334. The zero-order valence-corrected chi connectivity index (χ0v) is 13.1. The molecule has 1 fully saturated rings. The number of carbonyl (C=O) groups excluding carboxylic acids is 2. The van der Waals surface area contributed by atoms with Crippen molar-refractivity contribution in [2.75, 3.05) is 16.9 Å². The number of anilines is 1. The Kier molecular flexibility index (Phi) is 5.43. The van der Waals surface area contributed by atoms with Crippen molar-refractivity contribution in [3.05, 3.63) is 29.8 Å². The third-order valence-corrected chi connectivity index (χ3v) is 4.40. The van der Waals surface area contributed by atoms with Crippen LogP contribution in [0.5, 0.6) is 0 Å². The molecule has 0 spiro atoms. The number of carboxylic acids is 1. The maximum atomic E-state index is 12.3. The van der Waals surface area contributed by atoms with E-state index in [0.29, 0.717) is 29.3 Å². The zero-order valence-electron chi connectivity index (χ0n) is 12.2. The van der Waals surface area contributed by atoms with Crippen LogP contribution in [0.1, 0.15) is 18.9 Å². The molecule has 0 saturated carbocycles. The van der Waals surface area contributed by atoms with Gasteiger partial charge in [-0.2, -0.15) is 0 Å². The fourth-order valence-corrected chi connectivity index (χ4v) is 3.40. The molecule has 0 radical (unpaired) electrons. The number of carboxylic acid groups (broad SMARTS) is 1. The third kappa shape index (κ3) is 4.00. The molecule has 1 aliphatic heterocycles. The minimum atomic E-state index is -0.895. The van der Waals surface area contributed by atoms with Crippen molar-refractivity contribution in [1.82, 2.24) is 4.90 Å². The van der Waals surface area contributed by atoms with Crippen LogP contribution >= 0.6 is 11.8 Å². The van der Waals surface area contributed by atoms with Crippen molar-refractivity contribution >= 4 is 35.2 Å². The van der Waals surface area contributed by atoms with Crippen LogP contribution < -0.4 is 5.32 Å². The molecule has 1 aromatic carbocycles. The van der Waals surface area contributed by atoms with Gasteiger partial charge < -0.3 is 15.3 Å². The molecule has 0 aliphatic carbocycles. The summed E-state index contributed by atoms with van der Waals surface area (Å²) < 4.78 is 0. The lowest BCUT2D eigenvalue weighted by atomic mass is 10.1. The Morgan fingerprint density at radius 3 is 2.59 bits per heavy atom. The summed E-state index contributed by atoms with van der Waals surface area (Å²) in [5, 5.41) is 11.5. The lowest BCUT2D eigenvalue weighted by Crippen LogP contribution is -2.44. The number of rotatable bonds is 5. The Labute approximate surface area is 132 Å². The summed E-state index contributed by atoms with van der Waals surface area (Å²) in [6, 6.07) is 6.23. The third-order valence-electron chi connectivity index (χ3n) is 3.38. The summed E-state index contributed by atoms with van der Waals surface area (Å²) >= 11 is 1.56. The van der Waals surface area contributed by atoms with E-state index in [1.165, 1.54) is 0 Å². The van der Waals surface area contributed by atoms with E-state index in [1.807, 2.05) is 0 Å². The first kappa shape index (κ1) is 16.4. The van der Waals surface area contributed by atoms with E-state index in [4.69, 9.17) is 5.11 Å². The highest BCUT2D eigenvalue weighted by atomic mass is 32.2. The molecule has 1 aromatic rings. The van der Waals surface area contributed by atoms with Crippen LogP contribution in [-0.4, -0.2) is 45.5 Å². The summed E-state index contributed by atoms with van der Waals surface area (Å²) in [5.74, 6) is 0.00462. The summed E-state index contributed by atoms with van der Waals surface area (Å²) in [5.41, 5.74) is 1.27. The highest BCUT2D eigenvalue weighted by Crippen LogP contribution is 2.23. The smallest absolute Gasteiger partial charge is 0.307 e. The second kappa shape index (κ2) is 7.31. The average molecular weight is 322 g/mol. The average Bonchev–Trinajstić information content (AvgIpc) is 2.97. The molecular weight excluding hydrogens is 304 g/mol. The maximum absolute atomic E-state index is 12.3. The van der Waals surface area contributed by atoms with E-state index < -0.39 is 12.0 Å². The molecule has 6 nitrogen and oxygen atoms in total. The fourth-order valence-electron chi connectivity index (χ4n) is 2.21. The number of thioether (sulfide) groups is 1. The first-order chi connectivity index (χ1) is 10.5. The normalized spacial score (nSPS) is 17.3. The first-order valence-electron chi connectivity index (χ1n) is 7.00. The standard InChI is InChI=1S/C15H18N2O4S/c1-2-13(18)17-9-22-8-12(17)15(21)16-11-5-3-10(4-6-11)7-14(19)20/h3-6,12H,2,7-9H2,1H3,(H,16,21)(H,19,20). The minimum absolute atomic E-state index is 0.0260. The zero-order chi connectivity index (χ0) is 16.1. The Balaban J connectivity index is 1.99. The number of nitrogens with zero attached hydrogens (tertiary/aromatic N) is 1. The summed E-state index contributed by atoms with van der Waals surface area (Å²) in [7, 11) is 0. The molecule has 7 heteroatoms. The van der Waals surface area contributed by atoms with Gasteiger partial charge in [-0.15, -0.1) is 11.8 Å². The van der Waals surface area contributed by atoms with Crippen LogP contribution in [0.3, 0.4) is 0 Å². The van der Waals surface area contributed by atoms with E-state index in [2.05, 4.69) is 5.32 Å². The highest BCUT2D eigenvalue weighted by molar-refractivity contribution is 7.99. The summed E-state index contributed by atoms with van der Waals surface area (Å²) in [6.45, 7) is 1.78. The Bertz CT molecular complexity index is 573. The topological polar surface area (TPSA) is 86.7 Å². The number of nitrogens with one attached hydrogen (secondary N) is 1. The van der Waals surface area contributed by atoms with Gasteiger partial charge in [-0.05, 0) is 17.7 Å². The number of carbonyl (C=O) groups is 3. The molecule has 1 unspecified atom stereocenters. The fraction of sp³-hybridized carbons (Fsp3) is 0.400. The van der Waals surface area contributed by atoms with Crippen molar-refractivity contribution in [3.8, 4) is 0 Å². The summed E-state index contributed by atoms with van der Waals surface area (Å²) in [4.78, 5) is 36.3. The SMILES string of the molecule is CCC(=O)N1CSCC1C(=O)Nc1ccc(CC(=O)O)cc1. The highest BCUT2D eigenvalue weighted by Gasteiger charge is 2.33. The predicted octanol–water partition coefficient (Wildman–Crippen LogP) is 1.56. The molecule has 2 rings (SSSR count). The van der Waals surface area contributed by atoms with Gasteiger partial charge in [-0.1, -0.05) is 19.1 Å². The molecule has 2 N–H and O–H groups in total. The molecule has 118 valence electrons. The van der Waals surface area contributed by atoms with Crippen LogP contribution in [0, 0.1) is 0 Å². The lowest BCUT2D eigenvalue weighted by Gasteiger charge is -2.22. The van der Waals surface area contributed by atoms with Crippen LogP contribution in [0.2, 0.25) is 0 Å². The van der Waals surface area contributed by atoms with E-state index in [1.54, 1.807) is 47.9 Å². The van der Waals surface area contributed by atoms with Gasteiger partial charge in [-0.25, -0.2) is 0 Å². The molecule has 1 aliphatic rings. The second-order valence-electron chi connectivity index (χ2n) is 4.99. The molecular formula is C15H18N2O4S. The number of hydrogen-bond acceptors (Lipinski definition) is 4. The van der Waals surface area contributed by atoms with Crippen LogP contribution in [0.15, 0.2) is 24.3 Å². The molecule has 0 aromatic heterocycles. The van der Waals surface area contributed by atoms with Gasteiger partial charge in [0.25, 0.3) is 0 Å². The molecule has 1 heterocycles. The molecule has 1 atom stereocenters. The molecule has 0 bridgehead atoms. The van der Waals surface area contributed by atoms with E-state index in [0.717, 1.165) is 0 Å². The number of hydrogen-bond donors (Lipinski definition) is 2. The van der Waals surface area contributed by atoms with Crippen molar-refractivity contribution < 1.29 is 19.5 Å². The Morgan fingerprint density at radius 2 is 2.00 bits per heavy atom. The van der Waals surface area contributed by atoms with Gasteiger partial charge in [0.15, 0.2) is 0 Å². The van der Waals surface area contributed by atoms with E-state index >= 15 is 0 Å². The largest absolute Gasteiger partial charge is 0.481 e. The van der Waals surface area contributed by atoms with Gasteiger partial charge in [0.1, 0.15) is 6.04 Å². The quantitative estimate of drug-likeness (QED) is 0.859. The van der Waals surface area contributed by atoms with E-state index in [9.17, 15) is 14.4 Å². The molecule has 2 amide bonds. The van der Waals surface area contributed by atoms with Crippen molar-refractivity contribution in [1.29, 1.82) is 0 Å². The van der Waals surface area contributed by atoms with Crippen molar-refractivity contribution in [2.24, 2.45) is 0 Å². The van der Waals surface area contributed by atoms with Crippen molar-refractivity contribution in [2.45, 2.75) is 25.8 Å². The van der Waals surface area contributed by atoms with E-state index in [-0.39, 0.29) is 18.2 Å². The monoisotopic (exact) mass is 322 g/mol. The van der Waals surface area contributed by atoms with Gasteiger partial charge in [-0.3, -0.25) is 14.4 Å². The van der Waals surface area contributed by atoms with Gasteiger partial charge in [0, 0.05) is 17.9 Å². The van der Waals surface area contributed by atoms with Crippen LogP contribution in [-0.2, 0) is 20.8 Å². The number of amides is 2. The Hall–Kier alpha value is -2.02. The van der Waals surface area contributed by atoms with Crippen molar-refractivity contribution in [3.63, 3.8) is 0 Å². The first-order valence-corrected chi connectivity index (χ1v) is 8.15. The molecule has 1 saturated heterocycles. The predicted molar refractivity (Wildman–Crippen MR) is 84.7 cm³/mol. The van der Waals surface area contributed by atoms with Crippen LogP contribution in [0.4, 0.5) is 5.69 Å². The van der Waals surface area contributed by atoms with Gasteiger partial charge >= 0.3 is 5.97 Å². The lowest BCUT2D eigenvalue weighted by molar-refractivity contribution is -0.136. The van der Waals surface area contributed by atoms with Gasteiger partial charge in [0.2, 0.25) is 11.8 Å². The molecule has 22 heavy (non-hydrogen) atoms. The minimum Gasteiger partial charge on any atom is -0.481 e. The van der Waals surface area contributed by atoms with Gasteiger partial charge in [0.05, 0.1) is 12.3 Å².